The van der Waals surface area contributed by atoms with Crippen molar-refractivity contribution in [2.45, 2.75) is 18.4 Å². The molecule has 0 radical (unpaired) electrons. The molecule has 7 heteroatoms. The smallest absolute Gasteiger partial charge is 0.416 e. The van der Waals surface area contributed by atoms with E-state index in [0.29, 0.717) is 0 Å². The van der Waals surface area contributed by atoms with Gasteiger partial charge in [0.15, 0.2) is 6.10 Å². The molecule has 20 heavy (non-hydrogen) atoms. The van der Waals surface area contributed by atoms with Gasteiger partial charge in [-0.1, -0.05) is 12.1 Å². The average molecular weight is 288 g/mol. The maximum atomic E-state index is 12.4. The van der Waals surface area contributed by atoms with Crippen molar-refractivity contribution in [1.29, 1.82) is 0 Å². The van der Waals surface area contributed by atoms with Crippen LogP contribution in [0.4, 0.5) is 13.2 Å². The molecule has 4 nitrogen and oxygen atoms in total. The number of aliphatic hydroxyl groups is 1. The fourth-order valence-corrected chi connectivity index (χ4v) is 1.85. The van der Waals surface area contributed by atoms with Crippen molar-refractivity contribution in [2.75, 3.05) is 7.11 Å². The molecule has 0 amide bonds. The lowest BCUT2D eigenvalue weighted by atomic mass is 10.0. The molecule has 1 aliphatic heterocycles. The van der Waals surface area contributed by atoms with Gasteiger partial charge >= 0.3 is 12.1 Å². The number of esters is 1. The van der Waals surface area contributed by atoms with Gasteiger partial charge in [-0.25, -0.2) is 4.79 Å². The van der Waals surface area contributed by atoms with Gasteiger partial charge in [0.05, 0.1) is 18.7 Å². The Balaban J connectivity index is 2.20. The van der Waals surface area contributed by atoms with E-state index in [0.717, 1.165) is 30.3 Å². The van der Waals surface area contributed by atoms with Crippen LogP contribution in [0.15, 0.2) is 36.1 Å². The van der Waals surface area contributed by atoms with Crippen LogP contribution in [-0.4, -0.2) is 24.3 Å². The van der Waals surface area contributed by atoms with E-state index in [1.807, 2.05) is 0 Å². The normalized spacial score (nSPS) is 20.4. The number of alkyl halides is 3. The number of methoxy groups -OCH3 is 1. The van der Waals surface area contributed by atoms with Crippen molar-refractivity contribution in [1.82, 2.24) is 0 Å². The van der Waals surface area contributed by atoms with Gasteiger partial charge in [0, 0.05) is 0 Å². The molecule has 1 aromatic rings. The molecule has 0 fully saturated rings. The highest BCUT2D eigenvalue weighted by Crippen LogP contribution is 2.32. The van der Waals surface area contributed by atoms with Gasteiger partial charge in [0.1, 0.15) is 11.9 Å². The lowest BCUT2D eigenvalue weighted by Gasteiger charge is -2.20. The first-order chi connectivity index (χ1) is 9.32. The fraction of sp³-hybridized carbons (Fsp3) is 0.308. The predicted octanol–water partition coefficient (Wildman–Crippen LogP) is 2.19. The Bertz CT molecular complexity index is 534. The zero-order chi connectivity index (χ0) is 14.9. The molecule has 2 rings (SSSR count). The number of carbonyl (C=O) groups is 1. The van der Waals surface area contributed by atoms with Crippen molar-refractivity contribution in [3.8, 4) is 0 Å². The van der Waals surface area contributed by atoms with Crippen molar-refractivity contribution < 1.29 is 32.5 Å². The van der Waals surface area contributed by atoms with E-state index >= 15 is 0 Å². The van der Waals surface area contributed by atoms with E-state index in [4.69, 9.17) is 9.47 Å². The quantitative estimate of drug-likeness (QED) is 0.866. The number of hydrogen-bond donors (Lipinski definition) is 1. The second-order valence-electron chi connectivity index (χ2n) is 4.17. The van der Waals surface area contributed by atoms with Gasteiger partial charge in [-0.15, -0.1) is 0 Å². The molecule has 2 unspecified atom stereocenters. The van der Waals surface area contributed by atoms with Crippen LogP contribution in [0.1, 0.15) is 17.2 Å². The second-order valence-corrected chi connectivity index (χ2v) is 4.17. The van der Waals surface area contributed by atoms with Crippen molar-refractivity contribution in [3.05, 3.63) is 47.2 Å². The lowest BCUT2D eigenvalue weighted by Crippen LogP contribution is -2.22. The van der Waals surface area contributed by atoms with Gasteiger partial charge in [0.25, 0.3) is 0 Å². The summed E-state index contributed by atoms with van der Waals surface area (Å²) in [5.74, 6) is -0.541. The summed E-state index contributed by atoms with van der Waals surface area (Å²) in [6.45, 7) is 0. The number of hydrogen-bond acceptors (Lipinski definition) is 4. The summed E-state index contributed by atoms with van der Waals surface area (Å²) in [4.78, 5) is 11.1. The van der Waals surface area contributed by atoms with E-state index in [1.165, 1.54) is 7.11 Å². The maximum Gasteiger partial charge on any atom is 0.416 e. The van der Waals surface area contributed by atoms with Gasteiger partial charge in [-0.3, -0.25) is 0 Å². The summed E-state index contributed by atoms with van der Waals surface area (Å²) in [5.41, 5.74) is -0.625. The molecule has 1 aliphatic rings. The highest BCUT2D eigenvalue weighted by atomic mass is 19.4. The minimum absolute atomic E-state index is 0.127. The molecule has 0 bridgehead atoms. The Morgan fingerprint density at radius 2 is 1.90 bits per heavy atom. The maximum absolute atomic E-state index is 12.4. The first kappa shape index (κ1) is 14.4. The molecule has 1 aromatic carbocycles. The van der Waals surface area contributed by atoms with Crippen LogP contribution in [0.3, 0.4) is 0 Å². The second kappa shape index (κ2) is 5.16. The topological polar surface area (TPSA) is 55.8 Å². The fourth-order valence-electron chi connectivity index (χ4n) is 1.85. The van der Waals surface area contributed by atoms with Gasteiger partial charge < -0.3 is 14.6 Å². The number of halogens is 3. The Hall–Kier alpha value is -2.02. The zero-order valence-electron chi connectivity index (χ0n) is 10.3. The van der Waals surface area contributed by atoms with Gasteiger partial charge in [0.2, 0.25) is 0 Å². The standard InChI is InChI=1S/C13H11F3O4/c1-19-9-6-10(17)20-12(9)11(18)7-2-4-8(5-3-7)13(14,15)16/h2-6,11-12,18H,1H3. The number of aliphatic hydroxyl groups excluding tert-OH is 1. The van der Waals surface area contributed by atoms with Gasteiger partial charge in [-0.05, 0) is 17.7 Å². The molecule has 1 heterocycles. The monoisotopic (exact) mass is 288 g/mol. The summed E-state index contributed by atoms with van der Waals surface area (Å²) >= 11 is 0. The van der Waals surface area contributed by atoms with Crippen molar-refractivity contribution in [2.24, 2.45) is 0 Å². The van der Waals surface area contributed by atoms with Crippen LogP contribution in [-0.2, 0) is 20.4 Å². The highest BCUT2D eigenvalue weighted by molar-refractivity contribution is 5.85. The average Bonchev–Trinajstić information content (AvgIpc) is 2.78. The largest absolute Gasteiger partial charge is 0.497 e. The SMILES string of the molecule is COC1=CC(=O)OC1C(O)c1ccc(C(F)(F)F)cc1. The van der Waals surface area contributed by atoms with Crippen LogP contribution in [0.5, 0.6) is 0 Å². The van der Waals surface area contributed by atoms with Crippen LogP contribution < -0.4 is 0 Å². The van der Waals surface area contributed by atoms with E-state index in [-0.39, 0.29) is 11.3 Å². The summed E-state index contributed by atoms with van der Waals surface area (Å²) in [6.07, 6.45) is -5.71. The molecule has 2 atom stereocenters. The Morgan fingerprint density at radius 1 is 1.30 bits per heavy atom. The minimum Gasteiger partial charge on any atom is -0.497 e. The molecule has 0 spiro atoms. The number of rotatable bonds is 3. The minimum atomic E-state index is -4.44. The summed E-state index contributed by atoms with van der Waals surface area (Å²) in [7, 11) is 1.31. The molecular weight excluding hydrogens is 277 g/mol. The van der Waals surface area contributed by atoms with E-state index in [9.17, 15) is 23.1 Å². The first-order valence-corrected chi connectivity index (χ1v) is 5.64. The number of carbonyl (C=O) groups excluding carboxylic acids is 1. The number of ether oxygens (including phenoxy) is 2. The Labute approximate surface area is 112 Å². The molecule has 1 N–H and O–H groups in total. The molecule has 0 saturated carbocycles. The number of cyclic esters (lactones) is 1. The van der Waals surface area contributed by atoms with Crippen LogP contribution in [0.25, 0.3) is 0 Å². The summed E-state index contributed by atoms with van der Waals surface area (Å²) in [5, 5.41) is 10.1. The molecular formula is C13H11F3O4. The lowest BCUT2D eigenvalue weighted by molar-refractivity contribution is -0.144. The zero-order valence-corrected chi connectivity index (χ0v) is 10.3. The van der Waals surface area contributed by atoms with E-state index in [1.54, 1.807) is 0 Å². The molecule has 0 aliphatic carbocycles. The third kappa shape index (κ3) is 2.77. The molecule has 0 aromatic heterocycles. The Kier molecular flexibility index (Phi) is 3.71. The predicted molar refractivity (Wildman–Crippen MR) is 61.4 cm³/mol. The molecule has 0 saturated heterocycles. The first-order valence-electron chi connectivity index (χ1n) is 5.64. The number of benzene rings is 1. The summed E-state index contributed by atoms with van der Waals surface area (Å²) < 4.78 is 47.0. The van der Waals surface area contributed by atoms with Crippen LogP contribution in [0.2, 0.25) is 0 Å². The van der Waals surface area contributed by atoms with E-state index in [2.05, 4.69) is 0 Å². The van der Waals surface area contributed by atoms with Gasteiger partial charge in [-0.2, -0.15) is 13.2 Å². The van der Waals surface area contributed by atoms with Crippen molar-refractivity contribution in [3.63, 3.8) is 0 Å². The van der Waals surface area contributed by atoms with Crippen LogP contribution in [0, 0.1) is 0 Å². The third-order valence-electron chi connectivity index (χ3n) is 2.89. The summed E-state index contributed by atoms with van der Waals surface area (Å²) in [6, 6.07) is 3.97. The van der Waals surface area contributed by atoms with Crippen molar-refractivity contribution >= 4 is 5.97 Å². The highest BCUT2D eigenvalue weighted by Gasteiger charge is 2.35. The Morgan fingerprint density at radius 3 is 2.40 bits per heavy atom. The third-order valence-corrected chi connectivity index (χ3v) is 2.89. The van der Waals surface area contributed by atoms with E-state index < -0.39 is 29.9 Å². The van der Waals surface area contributed by atoms with Crippen LogP contribution >= 0.6 is 0 Å². The molecule has 108 valence electrons.